The third kappa shape index (κ3) is 4.04. The second kappa shape index (κ2) is 7.17. The average molecular weight is 396 g/mol. The molecule has 0 aliphatic rings. The highest BCUT2D eigenvalue weighted by Gasteiger charge is 2.21. The van der Waals surface area contributed by atoms with Gasteiger partial charge in [0, 0.05) is 29.1 Å². The Labute approximate surface area is 156 Å². The van der Waals surface area contributed by atoms with E-state index in [1.807, 2.05) is 35.0 Å². The van der Waals surface area contributed by atoms with Gasteiger partial charge in [-0.05, 0) is 42.8 Å². The summed E-state index contributed by atoms with van der Waals surface area (Å²) in [5.41, 5.74) is 1.76. The van der Waals surface area contributed by atoms with E-state index in [0.717, 1.165) is 11.3 Å². The molecule has 1 unspecified atom stereocenters. The van der Waals surface area contributed by atoms with E-state index in [4.69, 9.17) is 23.2 Å². The van der Waals surface area contributed by atoms with Gasteiger partial charge < -0.3 is 4.57 Å². The number of hydrogen-bond acceptors (Lipinski definition) is 3. The van der Waals surface area contributed by atoms with Gasteiger partial charge in [-0.1, -0.05) is 35.3 Å². The lowest BCUT2D eigenvalue weighted by Crippen LogP contribution is -2.27. The van der Waals surface area contributed by atoms with Gasteiger partial charge in [0.05, 0.1) is 11.3 Å². The Hall–Kier alpha value is -1.86. The number of imidazole rings is 1. The normalized spacial score (nSPS) is 12.9. The first-order valence-corrected chi connectivity index (χ1v) is 9.66. The van der Waals surface area contributed by atoms with Crippen molar-refractivity contribution in [2.75, 3.05) is 0 Å². The van der Waals surface area contributed by atoms with Crippen LogP contribution in [0.2, 0.25) is 10.0 Å². The largest absolute Gasteiger partial charge is 0.306 e. The summed E-state index contributed by atoms with van der Waals surface area (Å²) in [4.78, 5) is 3.96. The monoisotopic (exact) mass is 395 g/mol. The van der Waals surface area contributed by atoms with Crippen LogP contribution >= 0.6 is 23.2 Å². The molecule has 0 fully saturated rings. The fourth-order valence-electron chi connectivity index (χ4n) is 2.39. The summed E-state index contributed by atoms with van der Waals surface area (Å²) in [6, 6.07) is 11.4. The van der Waals surface area contributed by atoms with Crippen molar-refractivity contribution in [3.05, 3.63) is 76.8 Å². The van der Waals surface area contributed by atoms with Crippen molar-refractivity contribution in [2.24, 2.45) is 0 Å². The Kier molecular flexibility index (Phi) is 5.15. The summed E-state index contributed by atoms with van der Waals surface area (Å²) in [6.45, 7) is 1.77. The summed E-state index contributed by atoms with van der Waals surface area (Å²) in [7, 11) is -3.80. The van der Waals surface area contributed by atoms with Crippen LogP contribution in [-0.2, 0) is 10.0 Å². The van der Waals surface area contributed by atoms with Gasteiger partial charge in [-0.2, -0.15) is 0 Å². The number of benzene rings is 2. The van der Waals surface area contributed by atoms with Crippen molar-refractivity contribution in [2.45, 2.75) is 17.9 Å². The lowest BCUT2D eigenvalue weighted by Gasteiger charge is -2.16. The van der Waals surface area contributed by atoms with Gasteiger partial charge in [-0.3, -0.25) is 0 Å². The van der Waals surface area contributed by atoms with E-state index >= 15 is 0 Å². The van der Waals surface area contributed by atoms with Crippen molar-refractivity contribution < 1.29 is 8.42 Å². The van der Waals surface area contributed by atoms with E-state index in [1.54, 1.807) is 25.5 Å². The Balaban J connectivity index is 1.81. The van der Waals surface area contributed by atoms with Gasteiger partial charge >= 0.3 is 0 Å². The number of halogens is 2. The minimum Gasteiger partial charge on any atom is -0.306 e. The summed E-state index contributed by atoms with van der Waals surface area (Å²) < 4.78 is 29.6. The molecule has 0 spiro atoms. The molecule has 1 aromatic heterocycles. The van der Waals surface area contributed by atoms with E-state index in [9.17, 15) is 8.42 Å². The molecular weight excluding hydrogens is 381 g/mol. The minimum absolute atomic E-state index is 0.0384. The lowest BCUT2D eigenvalue weighted by atomic mass is 10.1. The maximum absolute atomic E-state index is 12.6. The molecule has 8 heteroatoms. The molecule has 0 aliphatic heterocycles. The zero-order valence-electron chi connectivity index (χ0n) is 13.2. The van der Waals surface area contributed by atoms with Gasteiger partial charge in [-0.15, -0.1) is 0 Å². The summed E-state index contributed by atoms with van der Waals surface area (Å²) in [5, 5.41) is 0.432. The molecule has 2 aromatic carbocycles. The first-order chi connectivity index (χ1) is 11.9. The molecule has 5 nitrogen and oxygen atoms in total. The first kappa shape index (κ1) is 17.9. The number of aromatic nitrogens is 2. The maximum Gasteiger partial charge on any atom is 0.242 e. The Morgan fingerprint density at radius 3 is 2.48 bits per heavy atom. The smallest absolute Gasteiger partial charge is 0.242 e. The molecule has 3 rings (SSSR count). The molecule has 0 amide bonds. The second-order valence-electron chi connectivity index (χ2n) is 5.48. The Bertz CT molecular complexity index is 972. The molecule has 0 bridgehead atoms. The van der Waals surface area contributed by atoms with Crippen molar-refractivity contribution >= 4 is 33.2 Å². The standard InChI is InChI=1S/C17H15Cl2N3O2S/c1-12(13-2-5-15(6-3-13)22-9-8-20-11-22)21-25(23,24)17-10-14(18)4-7-16(17)19/h2-12,21H,1H3. The fourth-order valence-corrected chi connectivity index (χ4v) is 4.39. The van der Waals surface area contributed by atoms with Gasteiger partial charge in [-0.25, -0.2) is 18.1 Å². The van der Waals surface area contributed by atoms with Crippen LogP contribution in [0.15, 0.2) is 66.1 Å². The van der Waals surface area contributed by atoms with Crippen molar-refractivity contribution in [3.63, 3.8) is 0 Å². The predicted molar refractivity (Wildman–Crippen MR) is 98.8 cm³/mol. The fraction of sp³-hybridized carbons (Fsp3) is 0.118. The van der Waals surface area contributed by atoms with Crippen LogP contribution in [0.25, 0.3) is 5.69 Å². The van der Waals surface area contributed by atoms with E-state index in [1.165, 1.54) is 12.1 Å². The molecule has 130 valence electrons. The zero-order chi connectivity index (χ0) is 18.0. The molecule has 1 N–H and O–H groups in total. The van der Waals surface area contributed by atoms with Gasteiger partial charge in [0.2, 0.25) is 10.0 Å². The van der Waals surface area contributed by atoms with E-state index in [-0.39, 0.29) is 9.92 Å². The molecular formula is C17H15Cl2N3O2S. The second-order valence-corrected chi connectivity index (χ2v) is 8.01. The molecule has 0 aliphatic carbocycles. The molecule has 0 saturated heterocycles. The minimum atomic E-state index is -3.80. The Morgan fingerprint density at radius 2 is 1.84 bits per heavy atom. The van der Waals surface area contributed by atoms with Crippen LogP contribution in [0.3, 0.4) is 0 Å². The number of rotatable bonds is 5. The predicted octanol–water partition coefficient (Wildman–Crippen LogP) is 4.22. The highest BCUT2D eigenvalue weighted by molar-refractivity contribution is 7.89. The van der Waals surface area contributed by atoms with Crippen LogP contribution < -0.4 is 4.72 Å². The van der Waals surface area contributed by atoms with E-state index < -0.39 is 16.1 Å². The zero-order valence-corrected chi connectivity index (χ0v) is 15.6. The number of hydrogen-bond donors (Lipinski definition) is 1. The third-order valence-corrected chi connectivity index (χ3v) is 5.97. The van der Waals surface area contributed by atoms with Crippen LogP contribution in [0.4, 0.5) is 0 Å². The maximum atomic E-state index is 12.6. The first-order valence-electron chi connectivity index (χ1n) is 7.42. The molecule has 0 radical (unpaired) electrons. The lowest BCUT2D eigenvalue weighted by molar-refractivity contribution is 0.567. The number of nitrogens with zero attached hydrogens (tertiary/aromatic N) is 2. The molecule has 3 aromatic rings. The molecule has 25 heavy (non-hydrogen) atoms. The highest BCUT2D eigenvalue weighted by atomic mass is 35.5. The summed E-state index contributed by atoms with van der Waals surface area (Å²) in [6.07, 6.45) is 5.23. The van der Waals surface area contributed by atoms with Crippen LogP contribution in [0.1, 0.15) is 18.5 Å². The number of nitrogens with one attached hydrogen (secondary N) is 1. The summed E-state index contributed by atoms with van der Waals surface area (Å²) in [5.74, 6) is 0. The third-order valence-electron chi connectivity index (χ3n) is 3.71. The summed E-state index contributed by atoms with van der Waals surface area (Å²) >= 11 is 11.9. The molecule has 1 atom stereocenters. The van der Waals surface area contributed by atoms with E-state index in [0.29, 0.717) is 5.02 Å². The van der Waals surface area contributed by atoms with E-state index in [2.05, 4.69) is 9.71 Å². The molecule has 0 saturated carbocycles. The van der Waals surface area contributed by atoms with Crippen molar-refractivity contribution in [1.82, 2.24) is 14.3 Å². The van der Waals surface area contributed by atoms with Gasteiger partial charge in [0.1, 0.15) is 4.90 Å². The van der Waals surface area contributed by atoms with Crippen LogP contribution in [0.5, 0.6) is 0 Å². The average Bonchev–Trinajstić information content (AvgIpc) is 3.11. The number of sulfonamides is 1. The SMILES string of the molecule is CC(NS(=O)(=O)c1cc(Cl)ccc1Cl)c1ccc(-n2ccnc2)cc1. The van der Waals surface area contributed by atoms with Crippen LogP contribution in [0, 0.1) is 0 Å². The quantitative estimate of drug-likeness (QED) is 0.703. The van der Waals surface area contributed by atoms with Crippen molar-refractivity contribution in [1.29, 1.82) is 0 Å². The van der Waals surface area contributed by atoms with Gasteiger partial charge in [0.25, 0.3) is 0 Å². The van der Waals surface area contributed by atoms with Crippen molar-refractivity contribution in [3.8, 4) is 5.69 Å². The van der Waals surface area contributed by atoms with Crippen LogP contribution in [-0.4, -0.2) is 18.0 Å². The highest BCUT2D eigenvalue weighted by Crippen LogP contribution is 2.26. The molecule has 1 heterocycles. The Morgan fingerprint density at radius 1 is 1.12 bits per heavy atom. The topological polar surface area (TPSA) is 64.0 Å². The van der Waals surface area contributed by atoms with Gasteiger partial charge in [0.15, 0.2) is 0 Å².